The molecule has 1 amide bonds. The van der Waals surface area contributed by atoms with Gasteiger partial charge in [0.1, 0.15) is 11.4 Å². The van der Waals surface area contributed by atoms with Crippen molar-refractivity contribution < 1.29 is 19.1 Å². The summed E-state index contributed by atoms with van der Waals surface area (Å²) in [4.78, 5) is 26.6. The van der Waals surface area contributed by atoms with Crippen molar-refractivity contribution in [2.24, 2.45) is 5.41 Å². The Hall–Kier alpha value is -2.04. The summed E-state index contributed by atoms with van der Waals surface area (Å²) in [6.45, 7) is 6.50. The Balaban J connectivity index is 1.80. The summed E-state index contributed by atoms with van der Waals surface area (Å²) in [5, 5.41) is 0. The highest BCUT2D eigenvalue weighted by Crippen LogP contribution is 2.41. The van der Waals surface area contributed by atoms with Crippen LogP contribution in [0.15, 0.2) is 24.3 Å². The van der Waals surface area contributed by atoms with Gasteiger partial charge in [-0.05, 0) is 51.7 Å². The Morgan fingerprint density at radius 3 is 2.78 bits per heavy atom. The number of hydrogen-bond donors (Lipinski definition) is 0. The molecule has 0 saturated carbocycles. The Kier molecular flexibility index (Phi) is 3.82. The maximum Gasteiger partial charge on any atom is 0.410 e. The normalized spacial score (nSPS) is 24.1. The topological polar surface area (TPSA) is 55.8 Å². The number of carbonyl (C=O) groups is 2. The van der Waals surface area contributed by atoms with Crippen molar-refractivity contribution in [3.8, 4) is 5.75 Å². The van der Waals surface area contributed by atoms with E-state index in [9.17, 15) is 9.59 Å². The molecule has 2 heterocycles. The van der Waals surface area contributed by atoms with Crippen LogP contribution < -0.4 is 4.74 Å². The van der Waals surface area contributed by atoms with E-state index >= 15 is 0 Å². The minimum Gasteiger partial charge on any atom is -0.444 e. The minimum absolute atomic E-state index is 0.232. The van der Waals surface area contributed by atoms with Gasteiger partial charge in [-0.15, -0.1) is 0 Å². The van der Waals surface area contributed by atoms with Gasteiger partial charge >= 0.3 is 12.1 Å². The first kappa shape index (κ1) is 15.8. The van der Waals surface area contributed by atoms with Gasteiger partial charge in [0, 0.05) is 13.1 Å². The Morgan fingerprint density at radius 1 is 1.30 bits per heavy atom. The van der Waals surface area contributed by atoms with E-state index in [2.05, 4.69) is 0 Å². The van der Waals surface area contributed by atoms with Gasteiger partial charge in [-0.1, -0.05) is 18.2 Å². The second kappa shape index (κ2) is 5.55. The van der Waals surface area contributed by atoms with Crippen molar-refractivity contribution in [3.63, 3.8) is 0 Å². The van der Waals surface area contributed by atoms with E-state index in [1.54, 1.807) is 4.90 Å². The highest BCUT2D eigenvalue weighted by Gasteiger charge is 2.48. The molecule has 124 valence electrons. The molecule has 1 spiro atoms. The molecule has 1 saturated heterocycles. The van der Waals surface area contributed by atoms with Crippen LogP contribution in [0.5, 0.6) is 5.75 Å². The first-order chi connectivity index (χ1) is 10.8. The van der Waals surface area contributed by atoms with Crippen LogP contribution in [0.1, 0.15) is 39.2 Å². The molecule has 1 atom stereocenters. The van der Waals surface area contributed by atoms with Gasteiger partial charge in [0.15, 0.2) is 0 Å². The molecule has 1 aromatic rings. The van der Waals surface area contributed by atoms with Crippen molar-refractivity contribution >= 4 is 12.1 Å². The number of amides is 1. The van der Waals surface area contributed by atoms with Crippen LogP contribution in [0.3, 0.4) is 0 Å². The molecule has 0 aliphatic carbocycles. The molecule has 0 radical (unpaired) electrons. The average molecular weight is 317 g/mol. The quantitative estimate of drug-likeness (QED) is 0.545. The lowest BCUT2D eigenvalue weighted by atomic mass is 9.74. The van der Waals surface area contributed by atoms with Crippen molar-refractivity contribution in [2.45, 2.75) is 45.6 Å². The zero-order valence-corrected chi connectivity index (χ0v) is 13.9. The maximum absolute atomic E-state index is 12.6. The predicted octanol–water partition coefficient (Wildman–Crippen LogP) is 3.17. The molecule has 23 heavy (non-hydrogen) atoms. The van der Waals surface area contributed by atoms with E-state index in [1.165, 1.54) is 0 Å². The van der Waals surface area contributed by atoms with Crippen LogP contribution in [-0.2, 0) is 16.0 Å². The minimum atomic E-state index is -0.649. The van der Waals surface area contributed by atoms with E-state index in [-0.39, 0.29) is 12.1 Å². The lowest BCUT2D eigenvalue weighted by Gasteiger charge is -2.43. The second-order valence-corrected chi connectivity index (χ2v) is 7.46. The molecule has 0 N–H and O–H groups in total. The number of likely N-dealkylation sites (tertiary alicyclic amines) is 1. The van der Waals surface area contributed by atoms with Crippen LogP contribution in [0.25, 0.3) is 0 Å². The van der Waals surface area contributed by atoms with Crippen molar-refractivity contribution in [1.29, 1.82) is 0 Å². The van der Waals surface area contributed by atoms with Gasteiger partial charge in [-0.2, -0.15) is 0 Å². The first-order valence-corrected chi connectivity index (χ1v) is 8.07. The Morgan fingerprint density at radius 2 is 2.04 bits per heavy atom. The second-order valence-electron chi connectivity index (χ2n) is 7.46. The summed E-state index contributed by atoms with van der Waals surface area (Å²) < 4.78 is 11.0. The van der Waals surface area contributed by atoms with E-state index in [1.807, 2.05) is 45.0 Å². The van der Waals surface area contributed by atoms with Gasteiger partial charge in [-0.3, -0.25) is 4.79 Å². The molecule has 1 unspecified atom stereocenters. The van der Waals surface area contributed by atoms with Crippen LogP contribution in [0, 0.1) is 5.41 Å². The van der Waals surface area contributed by atoms with E-state index in [4.69, 9.17) is 9.47 Å². The highest BCUT2D eigenvalue weighted by molar-refractivity contribution is 5.83. The van der Waals surface area contributed by atoms with Crippen LogP contribution >= 0.6 is 0 Å². The number of fused-ring (bicyclic) bond motifs is 1. The number of benzene rings is 1. The van der Waals surface area contributed by atoms with Gasteiger partial charge < -0.3 is 14.4 Å². The Labute approximate surface area is 136 Å². The number of hydrogen-bond acceptors (Lipinski definition) is 4. The third-order valence-corrected chi connectivity index (χ3v) is 4.37. The predicted molar refractivity (Wildman–Crippen MR) is 85.3 cm³/mol. The SMILES string of the molecule is CC(C)(C)OC(=O)N1CCCC2(Cc3ccccc3OC2=O)C1. The third-order valence-electron chi connectivity index (χ3n) is 4.37. The molecule has 2 aliphatic rings. The largest absolute Gasteiger partial charge is 0.444 e. The molecular formula is C18H23NO4. The third kappa shape index (κ3) is 3.19. The first-order valence-electron chi connectivity index (χ1n) is 8.07. The van der Waals surface area contributed by atoms with Crippen molar-refractivity contribution in [2.75, 3.05) is 13.1 Å². The summed E-state index contributed by atoms with van der Waals surface area (Å²) >= 11 is 0. The molecule has 1 fully saturated rings. The summed E-state index contributed by atoms with van der Waals surface area (Å²) in [6, 6.07) is 7.60. The highest BCUT2D eigenvalue weighted by atomic mass is 16.6. The van der Waals surface area contributed by atoms with Crippen LogP contribution in [0.4, 0.5) is 4.79 Å². The number of para-hydroxylation sites is 1. The van der Waals surface area contributed by atoms with E-state index in [0.717, 1.165) is 18.4 Å². The number of carbonyl (C=O) groups excluding carboxylic acids is 2. The lowest BCUT2D eigenvalue weighted by Crippen LogP contribution is -2.54. The molecule has 3 rings (SSSR count). The zero-order valence-electron chi connectivity index (χ0n) is 13.9. The number of esters is 1. The van der Waals surface area contributed by atoms with Gasteiger partial charge in [0.05, 0.1) is 5.41 Å². The van der Waals surface area contributed by atoms with Gasteiger partial charge in [0.2, 0.25) is 0 Å². The summed E-state index contributed by atoms with van der Waals surface area (Å²) in [5.41, 5.74) is -0.164. The van der Waals surface area contributed by atoms with Gasteiger partial charge in [-0.25, -0.2) is 4.79 Å². The number of ether oxygens (including phenoxy) is 2. The molecule has 2 aliphatic heterocycles. The van der Waals surface area contributed by atoms with Crippen molar-refractivity contribution in [1.82, 2.24) is 4.90 Å². The van der Waals surface area contributed by atoms with Crippen LogP contribution in [0.2, 0.25) is 0 Å². The smallest absolute Gasteiger partial charge is 0.410 e. The molecule has 5 nitrogen and oxygen atoms in total. The molecule has 5 heteroatoms. The summed E-state index contributed by atoms with van der Waals surface area (Å²) in [7, 11) is 0. The van der Waals surface area contributed by atoms with Crippen LogP contribution in [-0.4, -0.2) is 35.7 Å². The molecule has 0 aromatic heterocycles. The molecule has 0 bridgehead atoms. The zero-order chi connectivity index (χ0) is 16.7. The number of nitrogens with zero attached hydrogens (tertiary/aromatic N) is 1. The van der Waals surface area contributed by atoms with E-state index < -0.39 is 11.0 Å². The lowest BCUT2D eigenvalue weighted by molar-refractivity contribution is -0.151. The molecule has 1 aromatic carbocycles. The Bertz CT molecular complexity index is 634. The number of rotatable bonds is 0. The van der Waals surface area contributed by atoms with Crippen molar-refractivity contribution in [3.05, 3.63) is 29.8 Å². The fourth-order valence-corrected chi connectivity index (χ4v) is 3.32. The fourth-order valence-electron chi connectivity index (χ4n) is 3.32. The average Bonchev–Trinajstić information content (AvgIpc) is 2.47. The monoisotopic (exact) mass is 317 g/mol. The standard InChI is InChI=1S/C18H23NO4/c1-17(2,3)23-16(21)19-10-6-9-18(12-19)11-13-7-4-5-8-14(13)22-15(18)20/h4-5,7-8H,6,9-12H2,1-3H3. The summed E-state index contributed by atoms with van der Waals surface area (Å²) in [5.74, 6) is 0.405. The van der Waals surface area contributed by atoms with E-state index in [0.29, 0.717) is 25.3 Å². The summed E-state index contributed by atoms with van der Waals surface area (Å²) in [6.07, 6.45) is 1.76. The molecular weight excluding hydrogens is 294 g/mol. The number of piperidine rings is 1. The fraction of sp³-hybridized carbons (Fsp3) is 0.556. The van der Waals surface area contributed by atoms with Gasteiger partial charge in [0.25, 0.3) is 0 Å². The maximum atomic E-state index is 12.6.